The molecule has 0 N–H and O–H groups in total. The Bertz CT molecular complexity index is 431. The maximum atomic E-state index is 2.16. The molecule has 0 saturated carbocycles. The Morgan fingerprint density at radius 1 is 1.00 bits per heavy atom. The first-order valence-corrected chi connectivity index (χ1v) is 5.96. The Morgan fingerprint density at radius 2 is 1.69 bits per heavy atom. The number of hydrogen-bond acceptors (Lipinski definition) is 1. The van der Waals surface area contributed by atoms with Gasteiger partial charge in [0, 0.05) is 17.9 Å². The average Bonchev–Trinajstić information content (AvgIpc) is 2.29. The van der Waals surface area contributed by atoms with Crippen LogP contribution in [0.5, 0.6) is 0 Å². The lowest BCUT2D eigenvalue weighted by atomic mass is 10.2. The maximum Gasteiger partial charge on any atom is 0.240 e. The van der Waals surface area contributed by atoms with Crippen molar-refractivity contribution in [3.63, 3.8) is 0 Å². The predicted octanol–water partition coefficient (Wildman–Crippen LogP) is -0.193. The fraction of sp³-hybridized carbons (Fsp3) is 0.154. The highest BCUT2D eigenvalue weighted by Gasteiger charge is 2.04. The van der Waals surface area contributed by atoms with E-state index >= 15 is 0 Å². The zero-order valence-electron chi connectivity index (χ0n) is 9.14. The molecular weight excluding hydrogens is 282 g/mol. The molecule has 0 aliphatic heterocycles. The van der Waals surface area contributed by atoms with Crippen LogP contribution in [0, 0.1) is 0 Å². The molecule has 0 amide bonds. The molecule has 2 rings (SSSR count). The summed E-state index contributed by atoms with van der Waals surface area (Å²) in [5, 5.41) is 1.29. The van der Waals surface area contributed by atoms with Crippen molar-refractivity contribution in [3.8, 4) is 0 Å². The summed E-state index contributed by atoms with van der Waals surface area (Å²) in [6.07, 6.45) is 2.08. The zero-order chi connectivity index (χ0) is 10.5. The summed E-state index contributed by atoms with van der Waals surface area (Å²) in [6.45, 7) is 0. The van der Waals surface area contributed by atoms with Gasteiger partial charge >= 0.3 is 0 Å². The quantitative estimate of drug-likeness (QED) is 0.561. The number of pyridine rings is 1. The van der Waals surface area contributed by atoms with E-state index in [-0.39, 0.29) is 17.0 Å². The Kier molecular flexibility index (Phi) is 5.56. The van der Waals surface area contributed by atoms with Gasteiger partial charge in [-0.1, -0.05) is 42.1 Å². The third-order valence-corrected chi connectivity index (χ3v) is 3.43. The molecule has 16 heavy (non-hydrogen) atoms. The van der Waals surface area contributed by atoms with Crippen molar-refractivity contribution < 1.29 is 21.5 Å². The second kappa shape index (κ2) is 6.71. The van der Waals surface area contributed by atoms with Crippen LogP contribution >= 0.6 is 11.8 Å². The lowest BCUT2D eigenvalue weighted by molar-refractivity contribution is -0.708. The predicted molar refractivity (Wildman–Crippen MR) is 63.6 cm³/mol. The Labute approximate surface area is 111 Å². The SMILES string of the molecule is C[n+]1ccccc1SCc1ccccc1.[Br-]. The second-order valence-corrected chi connectivity index (χ2v) is 4.42. The fourth-order valence-corrected chi connectivity index (χ4v) is 2.34. The minimum atomic E-state index is 0. The summed E-state index contributed by atoms with van der Waals surface area (Å²) in [7, 11) is 2.08. The standard InChI is InChI=1S/C13H14NS.BrH/c1-14-10-6-5-9-13(14)15-11-12-7-3-2-4-8-12;/h2-10H,11H2,1H3;1H/q+1;/p-1. The molecule has 1 heterocycles. The van der Waals surface area contributed by atoms with Crippen LogP contribution in [0.4, 0.5) is 0 Å². The molecule has 2 aromatic rings. The molecule has 0 spiro atoms. The van der Waals surface area contributed by atoms with Gasteiger partial charge in [0.2, 0.25) is 5.03 Å². The molecule has 1 nitrogen and oxygen atoms in total. The van der Waals surface area contributed by atoms with Crippen molar-refractivity contribution in [3.05, 3.63) is 60.3 Å². The van der Waals surface area contributed by atoms with Gasteiger partial charge in [0.1, 0.15) is 7.05 Å². The van der Waals surface area contributed by atoms with E-state index in [0.717, 1.165) is 5.75 Å². The Hall–Kier alpha value is -0.800. The van der Waals surface area contributed by atoms with Crippen molar-refractivity contribution in [2.45, 2.75) is 10.8 Å². The van der Waals surface area contributed by atoms with Crippen molar-refractivity contribution in [1.82, 2.24) is 0 Å². The summed E-state index contributed by atoms with van der Waals surface area (Å²) < 4.78 is 2.15. The molecule has 0 aliphatic rings. The number of rotatable bonds is 3. The monoisotopic (exact) mass is 295 g/mol. The van der Waals surface area contributed by atoms with Gasteiger partial charge in [-0.3, -0.25) is 0 Å². The fourth-order valence-electron chi connectivity index (χ4n) is 1.39. The number of thioether (sulfide) groups is 1. The van der Waals surface area contributed by atoms with Gasteiger partial charge in [-0.05, 0) is 11.6 Å². The number of benzene rings is 1. The molecule has 84 valence electrons. The summed E-state index contributed by atoms with van der Waals surface area (Å²) in [5.41, 5.74) is 1.37. The maximum absolute atomic E-state index is 2.16. The lowest BCUT2D eigenvalue weighted by Gasteiger charge is -1.99. The first kappa shape index (κ1) is 13.3. The molecule has 1 aromatic carbocycles. The van der Waals surface area contributed by atoms with Crippen LogP contribution < -0.4 is 21.5 Å². The van der Waals surface area contributed by atoms with Gasteiger partial charge in [-0.2, -0.15) is 4.57 Å². The molecule has 0 unspecified atom stereocenters. The third-order valence-electron chi connectivity index (χ3n) is 2.24. The highest BCUT2D eigenvalue weighted by atomic mass is 79.9. The van der Waals surface area contributed by atoms with E-state index in [9.17, 15) is 0 Å². The van der Waals surface area contributed by atoms with E-state index in [1.165, 1.54) is 10.6 Å². The van der Waals surface area contributed by atoms with Crippen LogP contribution in [0.3, 0.4) is 0 Å². The summed E-state index contributed by atoms with van der Waals surface area (Å²) in [6, 6.07) is 16.8. The smallest absolute Gasteiger partial charge is 0.240 e. The van der Waals surface area contributed by atoms with Crippen LogP contribution in [-0.4, -0.2) is 0 Å². The van der Waals surface area contributed by atoms with Gasteiger partial charge < -0.3 is 17.0 Å². The van der Waals surface area contributed by atoms with E-state index in [2.05, 4.69) is 60.3 Å². The van der Waals surface area contributed by atoms with Crippen LogP contribution in [0.25, 0.3) is 0 Å². The van der Waals surface area contributed by atoms with Gasteiger partial charge in [-0.25, -0.2) is 0 Å². The van der Waals surface area contributed by atoms with E-state index in [0.29, 0.717) is 0 Å². The third kappa shape index (κ3) is 3.65. The molecule has 0 radical (unpaired) electrons. The van der Waals surface area contributed by atoms with E-state index in [4.69, 9.17) is 0 Å². The lowest BCUT2D eigenvalue weighted by Crippen LogP contribution is -3.00. The van der Waals surface area contributed by atoms with E-state index in [1.807, 2.05) is 17.8 Å². The van der Waals surface area contributed by atoms with E-state index < -0.39 is 0 Å². The van der Waals surface area contributed by atoms with Gasteiger partial charge in [-0.15, -0.1) is 0 Å². The van der Waals surface area contributed by atoms with Crippen molar-refractivity contribution in [2.75, 3.05) is 0 Å². The second-order valence-electron chi connectivity index (χ2n) is 3.42. The summed E-state index contributed by atoms with van der Waals surface area (Å²) in [5.74, 6) is 1.03. The number of aryl methyl sites for hydroxylation is 1. The van der Waals surface area contributed by atoms with Crippen molar-refractivity contribution in [2.24, 2.45) is 7.05 Å². The van der Waals surface area contributed by atoms with Crippen LogP contribution in [0.1, 0.15) is 5.56 Å². The molecule has 3 heteroatoms. The molecule has 1 aromatic heterocycles. The number of hydrogen-bond donors (Lipinski definition) is 0. The van der Waals surface area contributed by atoms with Gasteiger partial charge in [0.25, 0.3) is 0 Å². The minimum absolute atomic E-state index is 0. The topological polar surface area (TPSA) is 3.88 Å². The molecule has 0 bridgehead atoms. The van der Waals surface area contributed by atoms with Crippen molar-refractivity contribution >= 4 is 11.8 Å². The number of nitrogens with zero attached hydrogens (tertiary/aromatic N) is 1. The number of aromatic nitrogens is 1. The summed E-state index contributed by atoms with van der Waals surface area (Å²) in [4.78, 5) is 0. The highest BCUT2D eigenvalue weighted by molar-refractivity contribution is 7.98. The molecule has 0 atom stereocenters. The molecule has 0 fully saturated rings. The highest BCUT2D eigenvalue weighted by Crippen LogP contribution is 2.18. The first-order valence-electron chi connectivity index (χ1n) is 4.97. The van der Waals surface area contributed by atoms with Gasteiger partial charge in [0.05, 0.1) is 0 Å². The van der Waals surface area contributed by atoms with Crippen molar-refractivity contribution in [1.29, 1.82) is 0 Å². The zero-order valence-corrected chi connectivity index (χ0v) is 11.5. The van der Waals surface area contributed by atoms with Crippen LogP contribution in [0.15, 0.2) is 59.8 Å². The Morgan fingerprint density at radius 3 is 2.38 bits per heavy atom. The Balaban J connectivity index is 0.00000128. The molecular formula is C13H14BrNS. The first-order chi connectivity index (χ1) is 7.36. The molecule has 0 aliphatic carbocycles. The van der Waals surface area contributed by atoms with Crippen LogP contribution in [0.2, 0.25) is 0 Å². The molecule has 0 saturated heterocycles. The largest absolute Gasteiger partial charge is 1.00 e. The van der Waals surface area contributed by atoms with Gasteiger partial charge in [0.15, 0.2) is 6.20 Å². The van der Waals surface area contributed by atoms with Crippen LogP contribution in [-0.2, 0) is 12.8 Å². The number of halogens is 1. The minimum Gasteiger partial charge on any atom is -1.00 e. The normalized spacial score (nSPS) is 9.56. The summed E-state index contributed by atoms with van der Waals surface area (Å²) >= 11 is 1.86. The van der Waals surface area contributed by atoms with E-state index in [1.54, 1.807) is 0 Å². The average molecular weight is 296 g/mol.